The highest BCUT2D eigenvalue weighted by Gasteiger charge is 2.02. The molecule has 0 spiro atoms. The molecule has 1 heterocycles. The predicted octanol–water partition coefficient (Wildman–Crippen LogP) is 3.06. The molecule has 0 amide bonds. The predicted molar refractivity (Wildman–Crippen MR) is 60.3 cm³/mol. The van der Waals surface area contributed by atoms with Gasteiger partial charge in [-0.1, -0.05) is 19.4 Å². The number of alkyl halides is 1. The average Bonchev–Trinajstić information content (AvgIpc) is 2.14. The number of aromatic nitrogens is 2. The molecule has 0 saturated carbocycles. The van der Waals surface area contributed by atoms with Crippen LogP contribution in [0, 0.1) is 12.8 Å². The third-order valence-electron chi connectivity index (χ3n) is 2.03. The van der Waals surface area contributed by atoms with Crippen LogP contribution >= 0.6 is 11.6 Å². The van der Waals surface area contributed by atoms with Crippen LogP contribution in [-0.4, -0.2) is 15.8 Å². The molecule has 2 nitrogen and oxygen atoms in total. The minimum Gasteiger partial charge on any atom is -0.242 e. The topological polar surface area (TPSA) is 25.8 Å². The van der Waals surface area contributed by atoms with Gasteiger partial charge in [0.15, 0.2) is 0 Å². The van der Waals surface area contributed by atoms with E-state index in [1.165, 1.54) is 5.57 Å². The fourth-order valence-electron chi connectivity index (χ4n) is 1.10. The van der Waals surface area contributed by atoms with E-state index in [0.717, 1.165) is 11.5 Å². The van der Waals surface area contributed by atoms with E-state index in [2.05, 4.69) is 23.8 Å². The van der Waals surface area contributed by atoms with Crippen molar-refractivity contribution in [3.63, 3.8) is 0 Å². The largest absolute Gasteiger partial charge is 0.242 e. The van der Waals surface area contributed by atoms with Crippen molar-refractivity contribution in [2.75, 3.05) is 5.88 Å². The molecule has 0 N–H and O–H groups in total. The van der Waals surface area contributed by atoms with Crippen molar-refractivity contribution >= 4 is 17.7 Å². The zero-order chi connectivity index (χ0) is 10.6. The first-order chi connectivity index (χ1) is 6.63. The summed E-state index contributed by atoms with van der Waals surface area (Å²) in [5.41, 5.74) is 2.13. The molecule has 0 radical (unpaired) electrons. The molecule has 0 unspecified atom stereocenters. The van der Waals surface area contributed by atoms with Gasteiger partial charge in [-0.15, -0.1) is 11.6 Å². The van der Waals surface area contributed by atoms with Gasteiger partial charge in [0, 0.05) is 12.1 Å². The lowest BCUT2D eigenvalue weighted by Crippen LogP contribution is -1.97. The molecule has 1 aromatic rings. The smallest absolute Gasteiger partial charge is 0.125 e. The van der Waals surface area contributed by atoms with Crippen molar-refractivity contribution in [2.45, 2.75) is 20.8 Å². The minimum atomic E-state index is 0.461. The van der Waals surface area contributed by atoms with Crippen molar-refractivity contribution in [2.24, 2.45) is 5.92 Å². The van der Waals surface area contributed by atoms with E-state index in [4.69, 9.17) is 11.6 Å². The van der Waals surface area contributed by atoms with Crippen LogP contribution in [0.4, 0.5) is 0 Å². The van der Waals surface area contributed by atoms with Crippen LogP contribution in [0.2, 0.25) is 0 Å². The van der Waals surface area contributed by atoms with Crippen molar-refractivity contribution in [3.05, 3.63) is 29.4 Å². The van der Waals surface area contributed by atoms with E-state index < -0.39 is 0 Å². The third kappa shape index (κ3) is 3.11. The maximum atomic E-state index is 5.84. The fraction of sp³-hybridized carbons (Fsp3) is 0.455. The Morgan fingerprint density at radius 2 is 2.29 bits per heavy atom. The number of hydrogen-bond acceptors (Lipinski definition) is 2. The van der Waals surface area contributed by atoms with Crippen LogP contribution in [-0.2, 0) is 0 Å². The maximum Gasteiger partial charge on any atom is 0.125 e. The molecule has 0 aliphatic carbocycles. The van der Waals surface area contributed by atoms with Crippen LogP contribution < -0.4 is 0 Å². The van der Waals surface area contributed by atoms with Gasteiger partial charge < -0.3 is 0 Å². The van der Waals surface area contributed by atoms with E-state index in [9.17, 15) is 0 Å². The summed E-state index contributed by atoms with van der Waals surface area (Å²) in [7, 11) is 0. The Morgan fingerprint density at radius 1 is 1.57 bits per heavy atom. The van der Waals surface area contributed by atoms with E-state index in [1.54, 1.807) is 6.20 Å². The summed E-state index contributed by atoms with van der Waals surface area (Å²) in [4.78, 5) is 8.34. The van der Waals surface area contributed by atoms with Gasteiger partial charge >= 0.3 is 0 Å². The van der Waals surface area contributed by atoms with Gasteiger partial charge in [0.1, 0.15) is 5.82 Å². The lowest BCUT2D eigenvalue weighted by Gasteiger charge is -2.07. The lowest BCUT2D eigenvalue weighted by molar-refractivity contribution is 0.777. The van der Waals surface area contributed by atoms with Crippen LogP contribution in [0.5, 0.6) is 0 Å². The minimum absolute atomic E-state index is 0.461. The van der Waals surface area contributed by atoms with Crippen LogP contribution in [0.3, 0.4) is 0 Å². The first-order valence-electron chi connectivity index (χ1n) is 4.69. The zero-order valence-electron chi connectivity index (χ0n) is 8.79. The Kier molecular flexibility index (Phi) is 4.08. The SMILES string of the molecule is Cc1nccc(/C=C(\CCl)C(C)C)n1. The molecule has 3 heteroatoms. The molecular weight excluding hydrogens is 196 g/mol. The molecule has 0 aliphatic rings. The molecule has 1 aromatic heterocycles. The molecule has 0 fully saturated rings. The van der Waals surface area contributed by atoms with E-state index in [0.29, 0.717) is 11.8 Å². The zero-order valence-corrected chi connectivity index (χ0v) is 9.54. The highest BCUT2D eigenvalue weighted by atomic mass is 35.5. The third-order valence-corrected chi connectivity index (χ3v) is 2.34. The summed E-state index contributed by atoms with van der Waals surface area (Å²) in [6, 6.07) is 1.89. The number of rotatable bonds is 3. The standard InChI is InChI=1S/C11H15ClN2/c1-8(2)10(7-12)6-11-4-5-13-9(3)14-11/h4-6,8H,7H2,1-3H3/b10-6+. The molecule has 14 heavy (non-hydrogen) atoms. The Bertz CT molecular complexity index is 332. The molecule has 1 rings (SSSR count). The van der Waals surface area contributed by atoms with Crippen molar-refractivity contribution in [3.8, 4) is 0 Å². The number of hydrogen-bond donors (Lipinski definition) is 0. The lowest BCUT2D eigenvalue weighted by atomic mass is 10.0. The van der Waals surface area contributed by atoms with Gasteiger partial charge in [-0.25, -0.2) is 9.97 Å². The van der Waals surface area contributed by atoms with E-state index >= 15 is 0 Å². The molecule has 76 valence electrons. The van der Waals surface area contributed by atoms with Gasteiger partial charge in [0.05, 0.1) is 5.69 Å². The van der Waals surface area contributed by atoms with E-state index in [-0.39, 0.29) is 0 Å². The second-order valence-electron chi connectivity index (χ2n) is 3.54. The molecule has 0 aromatic carbocycles. The summed E-state index contributed by atoms with van der Waals surface area (Å²) in [5.74, 6) is 1.81. The van der Waals surface area contributed by atoms with Gasteiger partial charge in [0.2, 0.25) is 0 Å². The second kappa shape index (κ2) is 5.11. The van der Waals surface area contributed by atoms with Crippen LogP contribution in [0.15, 0.2) is 17.8 Å². The highest BCUT2D eigenvalue weighted by Crippen LogP contribution is 2.14. The van der Waals surface area contributed by atoms with Crippen molar-refractivity contribution in [1.82, 2.24) is 9.97 Å². The summed E-state index contributed by atoms with van der Waals surface area (Å²) in [6.07, 6.45) is 3.80. The van der Waals surface area contributed by atoms with Crippen LogP contribution in [0.1, 0.15) is 25.4 Å². The maximum absolute atomic E-state index is 5.84. The van der Waals surface area contributed by atoms with Crippen molar-refractivity contribution in [1.29, 1.82) is 0 Å². The Morgan fingerprint density at radius 3 is 2.79 bits per heavy atom. The quantitative estimate of drug-likeness (QED) is 0.717. The number of aryl methyl sites for hydroxylation is 1. The van der Waals surface area contributed by atoms with Crippen LogP contribution in [0.25, 0.3) is 6.08 Å². The van der Waals surface area contributed by atoms with Gasteiger partial charge in [0.25, 0.3) is 0 Å². The molecule has 0 atom stereocenters. The summed E-state index contributed by atoms with van der Waals surface area (Å²) in [6.45, 7) is 6.14. The summed E-state index contributed by atoms with van der Waals surface area (Å²) >= 11 is 5.84. The first kappa shape index (κ1) is 11.2. The number of allylic oxidation sites excluding steroid dienone is 1. The average molecular weight is 211 g/mol. The first-order valence-corrected chi connectivity index (χ1v) is 5.23. The van der Waals surface area contributed by atoms with Gasteiger partial charge in [-0.2, -0.15) is 0 Å². The number of halogens is 1. The Labute approximate surface area is 90.0 Å². The fourth-order valence-corrected chi connectivity index (χ4v) is 1.49. The molecule has 0 bridgehead atoms. The van der Waals surface area contributed by atoms with Crippen molar-refractivity contribution < 1.29 is 0 Å². The molecule has 0 saturated heterocycles. The molecular formula is C11H15ClN2. The Hall–Kier alpha value is -0.890. The summed E-state index contributed by atoms with van der Waals surface area (Å²) in [5, 5.41) is 0. The number of nitrogens with zero attached hydrogens (tertiary/aromatic N) is 2. The Balaban J connectivity index is 2.94. The van der Waals surface area contributed by atoms with Gasteiger partial charge in [-0.3, -0.25) is 0 Å². The second-order valence-corrected chi connectivity index (χ2v) is 3.80. The monoisotopic (exact) mass is 210 g/mol. The normalized spacial score (nSPS) is 12.2. The highest BCUT2D eigenvalue weighted by molar-refractivity contribution is 6.19. The van der Waals surface area contributed by atoms with Gasteiger partial charge in [-0.05, 0) is 25.0 Å². The summed E-state index contributed by atoms with van der Waals surface area (Å²) < 4.78 is 0. The molecule has 0 aliphatic heterocycles. The van der Waals surface area contributed by atoms with E-state index in [1.807, 2.05) is 19.1 Å².